The molecule has 1 aromatic heterocycles. The Bertz CT molecular complexity index is 1380. The lowest BCUT2D eigenvalue weighted by atomic mass is 10.1. The molecule has 12 heteroatoms. The lowest BCUT2D eigenvalue weighted by Crippen LogP contribution is -2.49. The molecule has 1 fully saturated rings. The molecule has 38 heavy (non-hydrogen) atoms. The van der Waals surface area contributed by atoms with E-state index in [0.717, 1.165) is 16.5 Å². The fourth-order valence-corrected chi connectivity index (χ4v) is 9.05. The number of nitrogens with one attached hydrogen (secondary N) is 2. The minimum atomic E-state index is -3.83. The third-order valence-electron chi connectivity index (χ3n) is 6.28. The van der Waals surface area contributed by atoms with E-state index in [1.54, 1.807) is 11.8 Å². The van der Waals surface area contributed by atoms with Crippen molar-refractivity contribution in [1.29, 1.82) is 0 Å². The van der Waals surface area contributed by atoms with Gasteiger partial charge in [0.25, 0.3) is 5.91 Å². The Balaban J connectivity index is 1.38. The number of thioether (sulfide) groups is 1. The molecular weight excluding hydrogens is 585 g/mol. The molecule has 4 rings (SSSR count). The van der Waals surface area contributed by atoms with E-state index in [9.17, 15) is 18.0 Å². The van der Waals surface area contributed by atoms with Crippen molar-refractivity contribution in [3.8, 4) is 0 Å². The summed E-state index contributed by atoms with van der Waals surface area (Å²) in [5, 5.41) is 7.21. The molecule has 7 nitrogen and oxygen atoms in total. The summed E-state index contributed by atoms with van der Waals surface area (Å²) in [5.74, 6) is 0.734. The highest BCUT2D eigenvalue weighted by atomic mass is 35.5. The van der Waals surface area contributed by atoms with E-state index in [1.165, 1.54) is 33.8 Å². The Kier molecular flexibility index (Phi) is 10.00. The van der Waals surface area contributed by atoms with E-state index in [4.69, 9.17) is 23.2 Å². The summed E-state index contributed by atoms with van der Waals surface area (Å²) in [7, 11) is -3.83. The van der Waals surface area contributed by atoms with E-state index < -0.39 is 16.1 Å². The van der Waals surface area contributed by atoms with Crippen LogP contribution in [-0.4, -0.2) is 61.2 Å². The highest BCUT2D eigenvalue weighted by Crippen LogP contribution is 2.31. The molecule has 2 N–H and O–H groups in total. The van der Waals surface area contributed by atoms with Gasteiger partial charge in [-0.15, -0.1) is 11.3 Å². The second-order valence-corrected chi connectivity index (χ2v) is 13.9. The molecule has 2 atom stereocenters. The van der Waals surface area contributed by atoms with Gasteiger partial charge in [-0.2, -0.15) is 16.1 Å². The lowest BCUT2D eigenvalue weighted by Gasteiger charge is -2.34. The zero-order valence-corrected chi connectivity index (χ0v) is 24.7. The number of sulfonamides is 1. The molecule has 3 aromatic rings. The third-order valence-corrected chi connectivity index (χ3v) is 11.2. The van der Waals surface area contributed by atoms with Gasteiger partial charge < -0.3 is 10.6 Å². The van der Waals surface area contributed by atoms with Crippen LogP contribution < -0.4 is 10.6 Å². The minimum Gasteiger partial charge on any atom is -0.354 e. The number of amides is 2. The van der Waals surface area contributed by atoms with E-state index in [1.807, 2.05) is 37.3 Å². The van der Waals surface area contributed by atoms with E-state index in [2.05, 4.69) is 10.6 Å². The first-order valence-corrected chi connectivity index (χ1v) is 16.5. The molecule has 2 aromatic carbocycles. The van der Waals surface area contributed by atoms with Crippen LogP contribution >= 0.6 is 46.3 Å². The highest BCUT2D eigenvalue weighted by molar-refractivity contribution is 7.99. The number of halogens is 2. The van der Waals surface area contributed by atoms with Crippen molar-refractivity contribution in [2.75, 3.05) is 24.6 Å². The van der Waals surface area contributed by atoms with Gasteiger partial charge in [0.2, 0.25) is 15.9 Å². The monoisotopic (exact) mass is 613 g/mol. The molecule has 0 saturated carbocycles. The average molecular weight is 615 g/mol. The molecule has 204 valence electrons. The van der Waals surface area contributed by atoms with Gasteiger partial charge in [-0.05, 0) is 48.6 Å². The van der Waals surface area contributed by atoms with Gasteiger partial charge >= 0.3 is 0 Å². The van der Waals surface area contributed by atoms with E-state index >= 15 is 0 Å². The van der Waals surface area contributed by atoms with Crippen molar-refractivity contribution < 1.29 is 18.0 Å². The van der Waals surface area contributed by atoms with Crippen LogP contribution in [0.25, 0.3) is 10.1 Å². The van der Waals surface area contributed by atoms with Gasteiger partial charge in [-0.1, -0.05) is 54.7 Å². The number of benzene rings is 2. The maximum absolute atomic E-state index is 13.4. The summed E-state index contributed by atoms with van der Waals surface area (Å²) in [5.41, 5.74) is 0. The molecule has 0 radical (unpaired) electrons. The van der Waals surface area contributed by atoms with Crippen LogP contribution in [0.1, 0.15) is 35.9 Å². The number of nitrogens with zero attached hydrogens (tertiary/aromatic N) is 1. The number of carbonyl (C=O) groups excluding carboxylic acids is 2. The third kappa shape index (κ3) is 6.84. The van der Waals surface area contributed by atoms with Crippen LogP contribution in [0.2, 0.25) is 10.0 Å². The first kappa shape index (κ1) is 29.2. The number of carbonyl (C=O) groups is 2. The van der Waals surface area contributed by atoms with Gasteiger partial charge in [-0.3, -0.25) is 9.59 Å². The van der Waals surface area contributed by atoms with Crippen molar-refractivity contribution >= 4 is 78.2 Å². The molecule has 1 saturated heterocycles. The predicted octanol–water partition coefficient (Wildman–Crippen LogP) is 5.42. The Labute approximate surface area is 241 Å². The molecule has 2 amide bonds. The fourth-order valence-electron chi connectivity index (χ4n) is 4.36. The molecular formula is C26H29Cl2N3O4S3. The van der Waals surface area contributed by atoms with Crippen LogP contribution in [0.4, 0.5) is 0 Å². The standard InChI is InChI=1S/C26H29Cl2N3O4S3/c1-2-5-21(30-26(33)23-14-17-6-3-4-7-22(17)37-23)25(32)29-11-10-19-16-36-13-12-31(19)38(34,35)24-9-8-18(27)15-20(24)28/h3-4,6-9,14-15,19,21H,2,5,10-13,16H2,1H3,(H,29,32)(H,30,33)/t19?,21-/m0/s1. The summed E-state index contributed by atoms with van der Waals surface area (Å²) in [6, 6.07) is 13.0. The molecule has 0 bridgehead atoms. The first-order valence-electron chi connectivity index (χ1n) is 12.3. The molecule has 0 aliphatic carbocycles. The Morgan fingerprint density at radius 2 is 1.95 bits per heavy atom. The molecule has 1 unspecified atom stereocenters. The topological polar surface area (TPSA) is 95.6 Å². The first-order chi connectivity index (χ1) is 18.2. The summed E-state index contributed by atoms with van der Waals surface area (Å²) >= 11 is 15.2. The second-order valence-electron chi connectivity index (χ2n) is 8.96. The summed E-state index contributed by atoms with van der Waals surface area (Å²) < 4.78 is 29.3. The lowest BCUT2D eigenvalue weighted by molar-refractivity contribution is -0.123. The van der Waals surface area contributed by atoms with Crippen molar-refractivity contribution in [3.63, 3.8) is 0 Å². The number of thiophene rings is 1. The molecule has 1 aliphatic heterocycles. The van der Waals surface area contributed by atoms with Gasteiger partial charge in [0.15, 0.2) is 0 Å². The van der Waals surface area contributed by atoms with E-state index in [-0.39, 0.29) is 34.3 Å². The number of hydrogen-bond donors (Lipinski definition) is 2. The summed E-state index contributed by atoms with van der Waals surface area (Å²) in [6.07, 6.45) is 1.65. The van der Waals surface area contributed by atoms with Crippen molar-refractivity contribution in [3.05, 3.63) is 63.5 Å². The van der Waals surface area contributed by atoms with Crippen molar-refractivity contribution in [2.24, 2.45) is 0 Å². The Morgan fingerprint density at radius 3 is 2.68 bits per heavy atom. The second kappa shape index (κ2) is 13.0. The summed E-state index contributed by atoms with van der Waals surface area (Å²) in [6.45, 7) is 2.59. The SMILES string of the molecule is CCC[C@H](NC(=O)c1cc2ccccc2s1)C(=O)NCCC1CSCCN1S(=O)(=O)c1ccc(Cl)cc1Cl. The number of rotatable bonds is 10. The van der Waals surface area contributed by atoms with Gasteiger partial charge in [-0.25, -0.2) is 8.42 Å². The van der Waals surface area contributed by atoms with Crippen molar-refractivity contribution in [2.45, 2.75) is 43.2 Å². The maximum atomic E-state index is 13.4. The predicted molar refractivity (Wildman–Crippen MR) is 157 cm³/mol. The largest absolute Gasteiger partial charge is 0.354 e. The average Bonchev–Trinajstić information content (AvgIpc) is 3.33. The normalized spacial score (nSPS) is 17.3. The van der Waals surface area contributed by atoms with E-state index in [0.29, 0.717) is 40.8 Å². The van der Waals surface area contributed by atoms with Crippen molar-refractivity contribution in [1.82, 2.24) is 14.9 Å². The Hall–Kier alpha value is -1.82. The van der Waals surface area contributed by atoms with Crippen LogP contribution in [0.5, 0.6) is 0 Å². The summed E-state index contributed by atoms with van der Waals surface area (Å²) in [4.78, 5) is 26.5. The van der Waals surface area contributed by atoms with Gasteiger partial charge in [0.1, 0.15) is 10.9 Å². The quantitative estimate of drug-likeness (QED) is 0.318. The zero-order chi connectivity index (χ0) is 27.3. The number of hydrogen-bond acceptors (Lipinski definition) is 6. The molecule has 1 aliphatic rings. The number of fused-ring (bicyclic) bond motifs is 1. The minimum absolute atomic E-state index is 0.0245. The van der Waals surface area contributed by atoms with Crippen LogP contribution in [0.3, 0.4) is 0 Å². The van der Waals surface area contributed by atoms with Crippen LogP contribution in [-0.2, 0) is 14.8 Å². The van der Waals surface area contributed by atoms with Gasteiger partial charge in [0.05, 0.1) is 9.90 Å². The van der Waals surface area contributed by atoms with Crippen LogP contribution in [0, 0.1) is 0 Å². The smallest absolute Gasteiger partial charge is 0.262 e. The Morgan fingerprint density at radius 1 is 1.16 bits per heavy atom. The fraction of sp³-hybridized carbons (Fsp3) is 0.385. The maximum Gasteiger partial charge on any atom is 0.262 e. The van der Waals surface area contributed by atoms with Crippen LogP contribution in [0.15, 0.2) is 53.4 Å². The molecule has 0 spiro atoms. The molecule has 2 heterocycles. The zero-order valence-electron chi connectivity index (χ0n) is 20.8. The highest BCUT2D eigenvalue weighted by Gasteiger charge is 2.35. The van der Waals surface area contributed by atoms with Gasteiger partial charge in [0, 0.05) is 40.4 Å².